The van der Waals surface area contributed by atoms with E-state index in [1.54, 1.807) is 17.7 Å². The summed E-state index contributed by atoms with van der Waals surface area (Å²) in [5.41, 5.74) is 1.96. The van der Waals surface area contributed by atoms with Crippen LogP contribution in [-0.4, -0.2) is 36.5 Å². The first-order valence-electron chi connectivity index (χ1n) is 6.53. The molecule has 0 fully saturated rings. The van der Waals surface area contributed by atoms with Crippen LogP contribution in [0.15, 0.2) is 12.3 Å². The zero-order chi connectivity index (χ0) is 15.6. The highest BCUT2D eigenvalue weighted by Crippen LogP contribution is 2.15. The Hall–Kier alpha value is -2.64. The van der Waals surface area contributed by atoms with Crippen molar-refractivity contribution in [2.45, 2.75) is 33.9 Å². The maximum absolute atomic E-state index is 12.3. The summed E-state index contributed by atoms with van der Waals surface area (Å²) in [5, 5.41) is 19.6. The van der Waals surface area contributed by atoms with Crippen molar-refractivity contribution >= 4 is 17.7 Å². The van der Waals surface area contributed by atoms with Gasteiger partial charge in [-0.25, -0.2) is 0 Å². The largest absolute Gasteiger partial charge is 0.480 e. The standard InChI is InChI=1S/C13H17N5O3/c1-4-18-9(3)12(8(2)15-18)13(21)14-10-5-6-17(16-10)7-11(19)20/h5-6H,4,7H2,1-3H3,(H,19,20)(H,14,16,21). The number of aliphatic carboxylic acids is 1. The van der Waals surface area contributed by atoms with Gasteiger partial charge in [-0.2, -0.15) is 10.2 Å². The molecule has 0 unspecified atom stereocenters. The number of rotatable bonds is 5. The van der Waals surface area contributed by atoms with Gasteiger partial charge in [0.2, 0.25) is 0 Å². The van der Waals surface area contributed by atoms with Gasteiger partial charge in [0.15, 0.2) is 5.82 Å². The number of aryl methyl sites for hydroxylation is 2. The van der Waals surface area contributed by atoms with Gasteiger partial charge in [-0.3, -0.25) is 19.0 Å². The summed E-state index contributed by atoms with van der Waals surface area (Å²) in [5.74, 6) is -0.985. The third-order valence-electron chi connectivity index (χ3n) is 3.09. The van der Waals surface area contributed by atoms with Crippen molar-refractivity contribution in [3.63, 3.8) is 0 Å². The predicted molar refractivity (Wildman–Crippen MR) is 75.2 cm³/mol. The van der Waals surface area contributed by atoms with E-state index in [0.29, 0.717) is 23.6 Å². The van der Waals surface area contributed by atoms with Gasteiger partial charge in [0.05, 0.1) is 11.3 Å². The summed E-state index contributed by atoms with van der Waals surface area (Å²) >= 11 is 0. The Kier molecular flexibility index (Phi) is 4.06. The lowest BCUT2D eigenvalue weighted by molar-refractivity contribution is -0.137. The Labute approximate surface area is 121 Å². The summed E-state index contributed by atoms with van der Waals surface area (Å²) in [7, 11) is 0. The average molecular weight is 291 g/mol. The number of hydrogen-bond donors (Lipinski definition) is 2. The summed E-state index contributed by atoms with van der Waals surface area (Å²) < 4.78 is 3.00. The lowest BCUT2D eigenvalue weighted by atomic mass is 10.2. The molecule has 0 saturated carbocycles. The zero-order valence-electron chi connectivity index (χ0n) is 12.1. The molecule has 8 heteroatoms. The Morgan fingerprint density at radius 2 is 2.05 bits per heavy atom. The first-order valence-corrected chi connectivity index (χ1v) is 6.53. The van der Waals surface area contributed by atoms with Crippen molar-refractivity contribution in [1.29, 1.82) is 0 Å². The normalized spacial score (nSPS) is 10.6. The molecule has 0 aliphatic rings. The Bertz CT molecular complexity index is 686. The number of carbonyl (C=O) groups is 2. The highest BCUT2D eigenvalue weighted by molar-refractivity contribution is 6.05. The molecule has 0 radical (unpaired) electrons. The molecule has 0 aromatic carbocycles. The van der Waals surface area contributed by atoms with Crippen LogP contribution < -0.4 is 5.32 Å². The number of anilines is 1. The first kappa shape index (κ1) is 14.8. The SMILES string of the molecule is CCn1nc(C)c(C(=O)Nc2ccn(CC(=O)O)n2)c1C. The van der Waals surface area contributed by atoms with Crippen LogP contribution >= 0.6 is 0 Å². The minimum atomic E-state index is -0.994. The average Bonchev–Trinajstić information content (AvgIpc) is 2.93. The molecule has 0 saturated heterocycles. The number of carboxylic acid groups (broad SMARTS) is 1. The number of carbonyl (C=O) groups excluding carboxylic acids is 1. The second-order valence-electron chi connectivity index (χ2n) is 4.61. The predicted octanol–water partition coefficient (Wildman–Crippen LogP) is 1.05. The molecule has 112 valence electrons. The monoisotopic (exact) mass is 291 g/mol. The maximum atomic E-state index is 12.3. The van der Waals surface area contributed by atoms with Crippen LogP contribution in [0.3, 0.4) is 0 Å². The number of hydrogen-bond acceptors (Lipinski definition) is 4. The molecular weight excluding hydrogens is 274 g/mol. The van der Waals surface area contributed by atoms with Gasteiger partial charge in [0.25, 0.3) is 5.91 Å². The minimum absolute atomic E-state index is 0.248. The molecule has 0 aliphatic heterocycles. The Balaban J connectivity index is 2.16. The van der Waals surface area contributed by atoms with Gasteiger partial charge in [-0.15, -0.1) is 0 Å². The quantitative estimate of drug-likeness (QED) is 0.857. The topological polar surface area (TPSA) is 102 Å². The van der Waals surface area contributed by atoms with E-state index in [4.69, 9.17) is 5.11 Å². The van der Waals surface area contributed by atoms with E-state index in [-0.39, 0.29) is 12.5 Å². The van der Waals surface area contributed by atoms with Crippen LogP contribution in [0.4, 0.5) is 5.82 Å². The van der Waals surface area contributed by atoms with Crippen LogP contribution in [0.1, 0.15) is 28.7 Å². The van der Waals surface area contributed by atoms with Gasteiger partial charge in [0, 0.05) is 24.5 Å². The molecule has 21 heavy (non-hydrogen) atoms. The minimum Gasteiger partial charge on any atom is -0.480 e. The first-order chi connectivity index (χ1) is 9.92. The number of amides is 1. The van der Waals surface area contributed by atoms with Crippen LogP contribution in [0.25, 0.3) is 0 Å². The fourth-order valence-electron chi connectivity index (χ4n) is 2.17. The molecule has 2 aromatic heterocycles. The van der Waals surface area contributed by atoms with Gasteiger partial charge in [-0.05, 0) is 20.8 Å². The molecular formula is C13H17N5O3. The fourth-order valence-corrected chi connectivity index (χ4v) is 2.17. The Morgan fingerprint density at radius 1 is 1.33 bits per heavy atom. The zero-order valence-corrected chi connectivity index (χ0v) is 12.1. The van der Waals surface area contributed by atoms with E-state index in [2.05, 4.69) is 15.5 Å². The van der Waals surface area contributed by atoms with Crippen LogP contribution in [0, 0.1) is 13.8 Å². The lowest BCUT2D eigenvalue weighted by Crippen LogP contribution is -2.15. The highest BCUT2D eigenvalue weighted by Gasteiger charge is 2.18. The van der Waals surface area contributed by atoms with Crippen LogP contribution in [-0.2, 0) is 17.9 Å². The molecule has 1 amide bonds. The van der Waals surface area contributed by atoms with Crippen molar-refractivity contribution in [3.05, 3.63) is 29.2 Å². The molecule has 2 N–H and O–H groups in total. The van der Waals surface area contributed by atoms with E-state index in [1.165, 1.54) is 10.9 Å². The van der Waals surface area contributed by atoms with Crippen molar-refractivity contribution in [2.24, 2.45) is 0 Å². The summed E-state index contributed by atoms with van der Waals surface area (Å²) in [6, 6.07) is 1.55. The molecule has 0 aliphatic carbocycles. The van der Waals surface area contributed by atoms with E-state index >= 15 is 0 Å². The van der Waals surface area contributed by atoms with Crippen molar-refractivity contribution < 1.29 is 14.7 Å². The number of carboxylic acids is 1. The molecule has 0 spiro atoms. The summed E-state index contributed by atoms with van der Waals surface area (Å²) in [6.07, 6.45) is 1.50. The van der Waals surface area contributed by atoms with Crippen molar-refractivity contribution in [2.75, 3.05) is 5.32 Å². The number of nitrogens with one attached hydrogen (secondary N) is 1. The molecule has 8 nitrogen and oxygen atoms in total. The van der Waals surface area contributed by atoms with Crippen LogP contribution in [0.2, 0.25) is 0 Å². The third kappa shape index (κ3) is 3.10. The summed E-state index contributed by atoms with van der Waals surface area (Å²) in [4.78, 5) is 22.9. The van der Waals surface area contributed by atoms with Gasteiger partial charge < -0.3 is 10.4 Å². The maximum Gasteiger partial charge on any atom is 0.325 e. The molecule has 0 bridgehead atoms. The molecule has 2 rings (SSSR count). The van der Waals surface area contributed by atoms with Crippen molar-refractivity contribution in [1.82, 2.24) is 19.6 Å². The van der Waals surface area contributed by atoms with Crippen LogP contribution in [0.5, 0.6) is 0 Å². The second kappa shape index (κ2) is 5.78. The second-order valence-corrected chi connectivity index (χ2v) is 4.61. The van der Waals surface area contributed by atoms with E-state index in [1.807, 2.05) is 13.8 Å². The van der Waals surface area contributed by atoms with Gasteiger partial charge in [0.1, 0.15) is 6.54 Å². The lowest BCUT2D eigenvalue weighted by Gasteiger charge is -2.03. The highest BCUT2D eigenvalue weighted by atomic mass is 16.4. The Morgan fingerprint density at radius 3 is 2.62 bits per heavy atom. The summed E-state index contributed by atoms with van der Waals surface area (Å²) in [6.45, 7) is 6.00. The third-order valence-corrected chi connectivity index (χ3v) is 3.09. The smallest absolute Gasteiger partial charge is 0.325 e. The van der Waals surface area contributed by atoms with Gasteiger partial charge >= 0.3 is 5.97 Å². The van der Waals surface area contributed by atoms with Gasteiger partial charge in [-0.1, -0.05) is 0 Å². The van der Waals surface area contributed by atoms with E-state index in [0.717, 1.165) is 5.69 Å². The molecule has 0 atom stereocenters. The number of aromatic nitrogens is 4. The number of nitrogens with zero attached hydrogens (tertiary/aromatic N) is 4. The van der Waals surface area contributed by atoms with E-state index in [9.17, 15) is 9.59 Å². The fraction of sp³-hybridized carbons (Fsp3) is 0.385. The van der Waals surface area contributed by atoms with Crippen molar-refractivity contribution in [3.8, 4) is 0 Å². The molecule has 2 heterocycles. The van der Waals surface area contributed by atoms with E-state index < -0.39 is 5.97 Å². The molecule has 2 aromatic rings.